The van der Waals surface area contributed by atoms with Gasteiger partial charge >= 0.3 is 5.97 Å². The van der Waals surface area contributed by atoms with E-state index in [1.165, 1.54) is 6.92 Å². The van der Waals surface area contributed by atoms with Crippen LogP contribution in [0.25, 0.3) is 0 Å². The molecule has 0 aromatic rings. The fourth-order valence-electron chi connectivity index (χ4n) is 2.54. The van der Waals surface area contributed by atoms with E-state index in [9.17, 15) is 9.59 Å². The highest BCUT2D eigenvalue weighted by molar-refractivity contribution is 5.73. The lowest BCUT2D eigenvalue weighted by atomic mass is 9.96. The molecule has 0 radical (unpaired) electrons. The Labute approximate surface area is 115 Å². The number of carbonyl (C=O) groups excluding carboxylic acids is 2. The molecule has 0 saturated carbocycles. The van der Waals surface area contributed by atoms with Crippen LogP contribution in [-0.4, -0.2) is 48.1 Å². The van der Waals surface area contributed by atoms with Crippen LogP contribution in [0, 0.1) is 5.92 Å². The van der Waals surface area contributed by atoms with Gasteiger partial charge in [0.2, 0.25) is 5.91 Å². The number of rotatable bonds is 3. The molecular weight excluding hydrogens is 244 g/mol. The zero-order valence-electron chi connectivity index (χ0n) is 12.7. The van der Waals surface area contributed by atoms with Crippen molar-refractivity contribution in [2.45, 2.75) is 52.7 Å². The second-order valence-electron chi connectivity index (χ2n) is 6.52. The Kier molecular flexibility index (Phi) is 5.35. The minimum Gasteiger partial charge on any atom is -0.459 e. The molecule has 1 aliphatic rings. The Morgan fingerprint density at radius 3 is 2.47 bits per heavy atom. The maximum atomic E-state index is 11.8. The van der Waals surface area contributed by atoms with Crippen LogP contribution in [0.1, 0.15) is 41.0 Å². The molecule has 1 rings (SSSR count). The summed E-state index contributed by atoms with van der Waals surface area (Å²) < 4.78 is 5.32. The van der Waals surface area contributed by atoms with Gasteiger partial charge in [0.1, 0.15) is 5.60 Å². The van der Waals surface area contributed by atoms with Crippen molar-refractivity contribution in [3.63, 3.8) is 0 Å². The van der Waals surface area contributed by atoms with Gasteiger partial charge in [-0.2, -0.15) is 0 Å². The predicted octanol–water partition coefficient (Wildman–Crippen LogP) is 1.17. The van der Waals surface area contributed by atoms with E-state index in [0.29, 0.717) is 12.5 Å². The normalized spacial score (nSPS) is 24.9. The van der Waals surface area contributed by atoms with Gasteiger partial charge in [-0.25, -0.2) is 0 Å². The molecule has 19 heavy (non-hydrogen) atoms. The Hall–Kier alpha value is -1.10. The van der Waals surface area contributed by atoms with Crippen molar-refractivity contribution in [3.8, 4) is 0 Å². The van der Waals surface area contributed by atoms with Crippen LogP contribution in [0.2, 0.25) is 0 Å². The smallest absolute Gasteiger partial charge is 0.320 e. The zero-order valence-corrected chi connectivity index (χ0v) is 12.7. The minimum atomic E-state index is -0.449. The Bertz CT molecular complexity index is 336. The van der Waals surface area contributed by atoms with Gasteiger partial charge in [-0.1, -0.05) is 6.92 Å². The number of ether oxygens (including phenoxy) is 1. The first-order valence-corrected chi connectivity index (χ1v) is 6.87. The van der Waals surface area contributed by atoms with Crippen molar-refractivity contribution in [3.05, 3.63) is 0 Å². The molecule has 0 spiro atoms. The van der Waals surface area contributed by atoms with Crippen LogP contribution in [0.3, 0.4) is 0 Å². The van der Waals surface area contributed by atoms with E-state index >= 15 is 0 Å². The fourth-order valence-corrected chi connectivity index (χ4v) is 2.54. The lowest BCUT2D eigenvalue weighted by Gasteiger charge is -2.36. The van der Waals surface area contributed by atoms with Gasteiger partial charge in [0.15, 0.2) is 0 Å². The Morgan fingerprint density at radius 1 is 1.32 bits per heavy atom. The molecule has 2 atom stereocenters. The first-order chi connectivity index (χ1) is 8.65. The standard InChI is InChI=1S/C14H26N2O3/c1-10-6-12(15-11(2)17)8-16(7-10)9-13(18)19-14(3,4)5/h10,12H,6-9H2,1-5H3,(H,15,17). The van der Waals surface area contributed by atoms with E-state index in [0.717, 1.165) is 13.0 Å². The quantitative estimate of drug-likeness (QED) is 0.782. The van der Waals surface area contributed by atoms with Crippen LogP contribution < -0.4 is 5.32 Å². The van der Waals surface area contributed by atoms with Crippen molar-refractivity contribution in [1.29, 1.82) is 0 Å². The molecule has 1 saturated heterocycles. The van der Waals surface area contributed by atoms with Crippen LogP contribution >= 0.6 is 0 Å². The summed E-state index contributed by atoms with van der Waals surface area (Å²) in [6.07, 6.45) is 0.963. The van der Waals surface area contributed by atoms with Gasteiger partial charge in [-0.15, -0.1) is 0 Å². The molecular formula is C14H26N2O3. The molecule has 0 bridgehead atoms. The molecule has 1 fully saturated rings. The van der Waals surface area contributed by atoms with E-state index < -0.39 is 5.60 Å². The maximum absolute atomic E-state index is 11.8. The third-order valence-electron chi connectivity index (χ3n) is 2.92. The molecule has 1 amide bonds. The summed E-state index contributed by atoms with van der Waals surface area (Å²) >= 11 is 0. The van der Waals surface area contributed by atoms with Gasteiger partial charge in [0, 0.05) is 26.1 Å². The Morgan fingerprint density at radius 2 is 1.95 bits per heavy atom. The van der Waals surface area contributed by atoms with E-state index in [4.69, 9.17) is 4.74 Å². The molecule has 1 heterocycles. The highest BCUT2D eigenvalue weighted by atomic mass is 16.6. The van der Waals surface area contributed by atoms with Crippen molar-refractivity contribution < 1.29 is 14.3 Å². The number of nitrogens with one attached hydrogen (secondary N) is 1. The van der Waals surface area contributed by atoms with Crippen molar-refractivity contribution in [1.82, 2.24) is 10.2 Å². The highest BCUT2D eigenvalue weighted by Gasteiger charge is 2.27. The van der Waals surface area contributed by atoms with E-state index in [1.54, 1.807) is 0 Å². The fraction of sp³-hybridized carbons (Fsp3) is 0.857. The number of esters is 1. The van der Waals surface area contributed by atoms with Crippen LogP contribution in [-0.2, 0) is 14.3 Å². The van der Waals surface area contributed by atoms with Gasteiger partial charge in [0.05, 0.1) is 6.54 Å². The average Bonchev–Trinajstić information content (AvgIpc) is 2.10. The van der Waals surface area contributed by atoms with Crippen molar-refractivity contribution >= 4 is 11.9 Å². The summed E-state index contributed by atoms with van der Waals surface area (Å²) in [5.74, 6) is 0.243. The summed E-state index contributed by atoms with van der Waals surface area (Å²) in [5, 5.41) is 2.93. The molecule has 0 aliphatic carbocycles. The number of hydrogen-bond acceptors (Lipinski definition) is 4. The monoisotopic (exact) mass is 270 g/mol. The van der Waals surface area contributed by atoms with Gasteiger partial charge in [0.25, 0.3) is 0 Å². The summed E-state index contributed by atoms with van der Waals surface area (Å²) in [6, 6.07) is 0.128. The highest BCUT2D eigenvalue weighted by Crippen LogP contribution is 2.17. The lowest BCUT2D eigenvalue weighted by Crippen LogP contribution is -2.51. The number of carbonyl (C=O) groups is 2. The van der Waals surface area contributed by atoms with Crippen molar-refractivity contribution in [2.75, 3.05) is 19.6 Å². The summed E-state index contributed by atoms with van der Waals surface area (Å²) in [4.78, 5) is 25.0. The third kappa shape index (κ3) is 6.57. The summed E-state index contributed by atoms with van der Waals surface area (Å²) in [5.41, 5.74) is -0.449. The SMILES string of the molecule is CC(=O)NC1CC(C)CN(CC(=O)OC(C)(C)C)C1. The molecule has 2 unspecified atom stereocenters. The molecule has 0 aromatic heterocycles. The van der Waals surface area contributed by atoms with Crippen LogP contribution in [0.4, 0.5) is 0 Å². The number of likely N-dealkylation sites (tertiary alicyclic amines) is 1. The Balaban J connectivity index is 2.48. The molecule has 1 N–H and O–H groups in total. The average molecular weight is 270 g/mol. The van der Waals surface area contributed by atoms with Gasteiger partial charge in [-0.3, -0.25) is 14.5 Å². The number of amides is 1. The second kappa shape index (κ2) is 6.37. The molecule has 1 aliphatic heterocycles. The number of hydrogen-bond donors (Lipinski definition) is 1. The van der Waals surface area contributed by atoms with Gasteiger partial charge < -0.3 is 10.1 Å². The summed E-state index contributed by atoms with van der Waals surface area (Å²) in [7, 11) is 0. The van der Waals surface area contributed by atoms with E-state index in [-0.39, 0.29) is 24.5 Å². The first kappa shape index (κ1) is 16.0. The van der Waals surface area contributed by atoms with E-state index in [2.05, 4.69) is 17.1 Å². The predicted molar refractivity (Wildman–Crippen MR) is 73.7 cm³/mol. The van der Waals surface area contributed by atoms with Crippen LogP contribution in [0.15, 0.2) is 0 Å². The van der Waals surface area contributed by atoms with Crippen LogP contribution in [0.5, 0.6) is 0 Å². The third-order valence-corrected chi connectivity index (χ3v) is 2.92. The molecule has 0 aromatic carbocycles. The topological polar surface area (TPSA) is 58.6 Å². The second-order valence-corrected chi connectivity index (χ2v) is 6.52. The van der Waals surface area contributed by atoms with Crippen molar-refractivity contribution in [2.24, 2.45) is 5.92 Å². The minimum absolute atomic E-state index is 0.0173. The zero-order chi connectivity index (χ0) is 14.6. The summed E-state index contributed by atoms with van der Waals surface area (Å²) in [6.45, 7) is 11.1. The number of piperidine rings is 1. The molecule has 5 nitrogen and oxygen atoms in total. The lowest BCUT2D eigenvalue weighted by molar-refractivity contribution is -0.156. The number of nitrogens with zero attached hydrogens (tertiary/aromatic N) is 1. The molecule has 5 heteroatoms. The van der Waals surface area contributed by atoms with E-state index in [1.807, 2.05) is 20.8 Å². The first-order valence-electron chi connectivity index (χ1n) is 6.87. The largest absolute Gasteiger partial charge is 0.459 e. The molecule has 110 valence electrons. The maximum Gasteiger partial charge on any atom is 0.320 e. The van der Waals surface area contributed by atoms with Gasteiger partial charge in [-0.05, 0) is 33.1 Å².